The molecule has 0 unspecified atom stereocenters. The van der Waals surface area contributed by atoms with E-state index in [-0.39, 0.29) is 24.0 Å². The third-order valence-corrected chi connectivity index (χ3v) is 4.44. The first-order chi connectivity index (χ1) is 12.0. The number of guanidine groups is 1. The van der Waals surface area contributed by atoms with Crippen molar-refractivity contribution >= 4 is 35.6 Å². The van der Waals surface area contributed by atoms with Gasteiger partial charge in [-0.15, -0.1) is 24.0 Å². The molecule has 1 aliphatic rings. The van der Waals surface area contributed by atoms with Crippen LogP contribution in [0.1, 0.15) is 26.7 Å². The Morgan fingerprint density at radius 2 is 1.73 bits per heavy atom. The summed E-state index contributed by atoms with van der Waals surface area (Å²) in [6.45, 7) is 7.31. The summed E-state index contributed by atoms with van der Waals surface area (Å²) in [4.78, 5) is 6.71. The van der Waals surface area contributed by atoms with Crippen molar-refractivity contribution in [3.05, 3.63) is 18.2 Å². The van der Waals surface area contributed by atoms with E-state index in [1.54, 1.807) is 14.2 Å². The summed E-state index contributed by atoms with van der Waals surface area (Å²) < 4.78 is 10.8. The predicted octanol–water partition coefficient (Wildman–Crippen LogP) is 3.11. The molecule has 0 radical (unpaired) electrons. The summed E-state index contributed by atoms with van der Waals surface area (Å²) in [5, 5.41) is 6.92. The second-order valence-corrected chi connectivity index (χ2v) is 6.82. The number of halogens is 1. The standard InChI is InChI=1S/C19H32N4O2.HI/c1-14(2)13-21-19(20-3)22-15-6-8-23(9-7-15)16-10-17(24-4)12-18(11-16)25-5;/h10-12,14-15H,6-9,13H2,1-5H3,(H2,20,21,22);1H. The molecular weight excluding hydrogens is 443 g/mol. The first kappa shape index (κ1) is 22.7. The van der Waals surface area contributed by atoms with Crippen molar-refractivity contribution < 1.29 is 9.47 Å². The molecule has 2 N–H and O–H groups in total. The van der Waals surface area contributed by atoms with Gasteiger partial charge in [0.05, 0.1) is 14.2 Å². The second kappa shape index (κ2) is 11.4. The van der Waals surface area contributed by atoms with Crippen LogP contribution in [0.25, 0.3) is 0 Å². The number of anilines is 1. The van der Waals surface area contributed by atoms with Gasteiger partial charge in [-0.05, 0) is 18.8 Å². The van der Waals surface area contributed by atoms with Crippen molar-refractivity contribution in [3.63, 3.8) is 0 Å². The summed E-state index contributed by atoms with van der Waals surface area (Å²) in [6, 6.07) is 6.49. The average Bonchev–Trinajstić information content (AvgIpc) is 2.64. The van der Waals surface area contributed by atoms with Gasteiger partial charge in [0.15, 0.2) is 5.96 Å². The average molecular weight is 476 g/mol. The van der Waals surface area contributed by atoms with Crippen LogP contribution in [0, 0.1) is 5.92 Å². The highest BCUT2D eigenvalue weighted by molar-refractivity contribution is 14.0. The second-order valence-electron chi connectivity index (χ2n) is 6.82. The molecule has 26 heavy (non-hydrogen) atoms. The van der Waals surface area contributed by atoms with Gasteiger partial charge in [0.25, 0.3) is 0 Å². The topological polar surface area (TPSA) is 58.1 Å². The number of nitrogens with zero attached hydrogens (tertiary/aromatic N) is 2. The molecule has 0 aliphatic carbocycles. The quantitative estimate of drug-likeness (QED) is 0.376. The van der Waals surface area contributed by atoms with Crippen molar-refractivity contribution in [2.45, 2.75) is 32.7 Å². The van der Waals surface area contributed by atoms with Crippen LogP contribution in [0.2, 0.25) is 0 Å². The fourth-order valence-electron chi connectivity index (χ4n) is 2.95. The van der Waals surface area contributed by atoms with Crippen molar-refractivity contribution in [1.82, 2.24) is 10.6 Å². The zero-order chi connectivity index (χ0) is 18.2. The van der Waals surface area contributed by atoms with Crippen LogP contribution >= 0.6 is 24.0 Å². The lowest BCUT2D eigenvalue weighted by Gasteiger charge is -2.35. The molecule has 0 atom stereocenters. The van der Waals surface area contributed by atoms with E-state index in [4.69, 9.17) is 9.47 Å². The molecule has 148 valence electrons. The highest BCUT2D eigenvalue weighted by Crippen LogP contribution is 2.30. The number of benzene rings is 1. The fraction of sp³-hybridized carbons (Fsp3) is 0.632. The van der Waals surface area contributed by atoms with E-state index in [0.29, 0.717) is 12.0 Å². The number of hydrogen-bond donors (Lipinski definition) is 2. The van der Waals surface area contributed by atoms with E-state index in [2.05, 4.69) is 46.5 Å². The molecule has 0 saturated carbocycles. The van der Waals surface area contributed by atoms with Crippen LogP contribution in [-0.4, -0.2) is 52.9 Å². The molecule has 1 fully saturated rings. The number of rotatable bonds is 6. The van der Waals surface area contributed by atoms with Crippen LogP contribution in [-0.2, 0) is 0 Å². The normalized spacial score (nSPS) is 15.5. The Hall–Kier alpha value is -1.38. The van der Waals surface area contributed by atoms with Crippen molar-refractivity contribution in [2.75, 3.05) is 45.8 Å². The lowest BCUT2D eigenvalue weighted by atomic mass is 10.0. The van der Waals surface area contributed by atoms with Gasteiger partial charge < -0.3 is 25.0 Å². The largest absolute Gasteiger partial charge is 0.497 e. The van der Waals surface area contributed by atoms with Crippen LogP contribution in [0.4, 0.5) is 5.69 Å². The third kappa shape index (κ3) is 6.74. The minimum Gasteiger partial charge on any atom is -0.497 e. The molecule has 1 aliphatic heterocycles. The minimum atomic E-state index is 0. The van der Waals surface area contributed by atoms with E-state index < -0.39 is 0 Å². The van der Waals surface area contributed by atoms with E-state index in [9.17, 15) is 0 Å². The molecule has 1 aromatic rings. The first-order valence-electron chi connectivity index (χ1n) is 9.01. The minimum absolute atomic E-state index is 0. The summed E-state index contributed by atoms with van der Waals surface area (Å²) >= 11 is 0. The van der Waals surface area contributed by atoms with Crippen LogP contribution in [0.15, 0.2) is 23.2 Å². The summed E-state index contributed by atoms with van der Waals surface area (Å²) in [6.07, 6.45) is 2.14. The Morgan fingerprint density at radius 3 is 2.19 bits per heavy atom. The number of ether oxygens (including phenoxy) is 2. The van der Waals surface area contributed by atoms with Crippen LogP contribution in [0.5, 0.6) is 11.5 Å². The van der Waals surface area contributed by atoms with Gasteiger partial charge in [-0.3, -0.25) is 4.99 Å². The molecule has 1 saturated heterocycles. The maximum atomic E-state index is 5.38. The Kier molecular flexibility index (Phi) is 9.90. The zero-order valence-corrected chi connectivity index (χ0v) is 18.9. The summed E-state index contributed by atoms with van der Waals surface area (Å²) in [5.74, 6) is 3.15. The number of hydrogen-bond acceptors (Lipinski definition) is 4. The number of aliphatic imine (C=N–C) groups is 1. The maximum Gasteiger partial charge on any atom is 0.191 e. The lowest BCUT2D eigenvalue weighted by Crippen LogP contribution is -2.49. The molecule has 2 rings (SSSR count). The Bertz CT molecular complexity index is 550. The van der Waals surface area contributed by atoms with Gasteiger partial charge in [-0.1, -0.05) is 13.8 Å². The first-order valence-corrected chi connectivity index (χ1v) is 9.01. The van der Waals surface area contributed by atoms with Crippen molar-refractivity contribution in [3.8, 4) is 11.5 Å². The monoisotopic (exact) mass is 476 g/mol. The Labute approximate surface area is 174 Å². The molecule has 1 aromatic carbocycles. The molecule has 0 bridgehead atoms. The highest BCUT2D eigenvalue weighted by atomic mass is 127. The SMILES string of the molecule is CN=C(NCC(C)C)NC1CCN(c2cc(OC)cc(OC)c2)CC1.I. The highest BCUT2D eigenvalue weighted by Gasteiger charge is 2.21. The molecule has 1 heterocycles. The number of methoxy groups -OCH3 is 2. The number of piperidine rings is 1. The summed E-state index contributed by atoms with van der Waals surface area (Å²) in [5.41, 5.74) is 1.15. The van der Waals surface area contributed by atoms with Gasteiger partial charge in [0, 0.05) is 56.6 Å². The van der Waals surface area contributed by atoms with Gasteiger partial charge in [-0.25, -0.2) is 0 Å². The van der Waals surface area contributed by atoms with E-state index >= 15 is 0 Å². The van der Waals surface area contributed by atoms with Crippen molar-refractivity contribution in [1.29, 1.82) is 0 Å². The number of nitrogens with one attached hydrogen (secondary N) is 2. The van der Waals surface area contributed by atoms with Crippen LogP contribution < -0.4 is 25.0 Å². The predicted molar refractivity (Wildman–Crippen MR) is 120 cm³/mol. The molecule has 0 amide bonds. The van der Waals surface area contributed by atoms with Gasteiger partial charge in [0.2, 0.25) is 0 Å². The smallest absolute Gasteiger partial charge is 0.191 e. The van der Waals surface area contributed by atoms with Gasteiger partial charge in [-0.2, -0.15) is 0 Å². The Morgan fingerprint density at radius 1 is 1.15 bits per heavy atom. The van der Waals surface area contributed by atoms with E-state index in [1.807, 2.05) is 13.1 Å². The lowest BCUT2D eigenvalue weighted by molar-refractivity contribution is 0.393. The molecule has 7 heteroatoms. The molecule has 0 aromatic heterocycles. The molecule has 0 spiro atoms. The molecule has 6 nitrogen and oxygen atoms in total. The van der Waals surface area contributed by atoms with Crippen molar-refractivity contribution in [2.24, 2.45) is 10.9 Å². The summed E-state index contributed by atoms with van der Waals surface area (Å²) in [7, 11) is 5.20. The third-order valence-electron chi connectivity index (χ3n) is 4.44. The molecular formula is C19H33IN4O2. The zero-order valence-electron chi connectivity index (χ0n) is 16.5. The maximum absolute atomic E-state index is 5.38. The van der Waals surface area contributed by atoms with Crippen LogP contribution in [0.3, 0.4) is 0 Å². The van der Waals surface area contributed by atoms with E-state index in [0.717, 1.165) is 55.6 Å². The van der Waals surface area contributed by atoms with Gasteiger partial charge in [0.1, 0.15) is 11.5 Å². The fourth-order valence-corrected chi connectivity index (χ4v) is 2.95. The van der Waals surface area contributed by atoms with E-state index in [1.165, 1.54) is 0 Å². The Balaban J connectivity index is 0.00000338. The van der Waals surface area contributed by atoms with Gasteiger partial charge >= 0.3 is 0 Å².